The van der Waals surface area contributed by atoms with Gasteiger partial charge in [-0.2, -0.15) is 0 Å². The highest BCUT2D eigenvalue weighted by molar-refractivity contribution is 6.32. The van der Waals surface area contributed by atoms with Gasteiger partial charge in [0.2, 0.25) is 5.91 Å². The molecule has 24 heavy (non-hydrogen) atoms. The van der Waals surface area contributed by atoms with E-state index in [0.717, 1.165) is 34.0 Å². The van der Waals surface area contributed by atoms with Crippen molar-refractivity contribution in [2.24, 2.45) is 0 Å². The molecule has 0 radical (unpaired) electrons. The number of carbonyl (C=O) groups excluding carboxylic acids is 1. The average Bonchev–Trinajstić information content (AvgIpc) is 2.57. The number of halogens is 1. The van der Waals surface area contributed by atoms with Crippen molar-refractivity contribution in [2.45, 2.75) is 40.0 Å². The van der Waals surface area contributed by atoms with E-state index in [-0.39, 0.29) is 5.91 Å². The monoisotopic (exact) mass is 345 g/mol. The van der Waals surface area contributed by atoms with Crippen LogP contribution >= 0.6 is 11.6 Å². The first-order valence-electron chi connectivity index (χ1n) is 8.28. The van der Waals surface area contributed by atoms with Crippen LogP contribution in [0, 0.1) is 13.8 Å². The van der Waals surface area contributed by atoms with Gasteiger partial charge in [-0.1, -0.05) is 30.7 Å². The largest absolute Gasteiger partial charge is 0.494 e. The highest BCUT2D eigenvalue weighted by Gasteiger charge is 2.05. The van der Waals surface area contributed by atoms with Crippen LogP contribution in [0.2, 0.25) is 5.02 Å². The molecule has 0 bridgehead atoms. The van der Waals surface area contributed by atoms with Crippen molar-refractivity contribution in [1.29, 1.82) is 0 Å². The number of carbonyl (C=O) groups is 1. The third kappa shape index (κ3) is 5.27. The highest BCUT2D eigenvalue weighted by atomic mass is 35.5. The summed E-state index contributed by atoms with van der Waals surface area (Å²) in [6, 6.07) is 11.8. The predicted molar refractivity (Wildman–Crippen MR) is 100 cm³/mol. The third-order valence-corrected chi connectivity index (χ3v) is 4.47. The smallest absolute Gasteiger partial charge is 0.224 e. The van der Waals surface area contributed by atoms with E-state index in [1.165, 1.54) is 5.56 Å². The van der Waals surface area contributed by atoms with Crippen molar-refractivity contribution < 1.29 is 9.53 Å². The van der Waals surface area contributed by atoms with E-state index in [1.54, 1.807) is 0 Å². The minimum absolute atomic E-state index is 0.00585. The number of aryl methyl sites for hydroxylation is 3. The molecule has 0 fully saturated rings. The van der Waals surface area contributed by atoms with E-state index in [9.17, 15) is 4.79 Å². The molecule has 0 aliphatic heterocycles. The molecule has 1 amide bonds. The van der Waals surface area contributed by atoms with Gasteiger partial charge in [-0.25, -0.2) is 0 Å². The number of hydrogen-bond donors (Lipinski definition) is 1. The van der Waals surface area contributed by atoms with Crippen LogP contribution in [0.5, 0.6) is 5.75 Å². The van der Waals surface area contributed by atoms with E-state index >= 15 is 0 Å². The number of nitrogens with one attached hydrogen (secondary N) is 1. The zero-order valence-corrected chi connectivity index (χ0v) is 15.2. The van der Waals surface area contributed by atoms with Crippen molar-refractivity contribution in [2.75, 3.05) is 11.9 Å². The van der Waals surface area contributed by atoms with Crippen LogP contribution in [0.4, 0.5) is 5.69 Å². The van der Waals surface area contributed by atoms with Crippen LogP contribution in [-0.2, 0) is 11.2 Å². The fraction of sp³-hybridized carbons (Fsp3) is 0.350. The molecular formula is C20H24ClNO2. The van der Waals surface area contributed by atoms with Crippen molar-refractivity contribution in [1.82, 2.24) is 0 Å². The summed E-state index contributed by atoms with van der Waals surface area (Å²) in [7, 11) is 0. The fourth-order valence-electron chi connectivity index (χ4n) is 2.46. The summed E-state index contributed by atoms with van der Waals surface area (Å²) >= 11 is 6.14. The Bertz CT molecular complexity index is 672. The maximum atomic E-state index is 11.9. The molecule has 4 heteroatoms. The molecule has 0 saturated heterocycles. The van der Waals surface area contributed by atoms with Gasteiger partial charge in [-0.15, -0.1) is 0 Å². The quantitative estimate of drug-likeness (QED) is 0.690. The lowest BCUT2D eigenvalue weighted by Crippen LogP contribution is -2.12. The normalized spacial score (nSPS) is 10.5. The molecule has 128 valence electrons. The summed E-state index contributed by atoms with van der Waals surface area (Å²) < 4.78 is 5.71. The second kappa shape index (κ2) is 8.74. The van der Waals surface area contributed by atoms with Crippen LogP contribution in [0.15, 0.2) is 36.4 Å². The van der Waals surface area contributed by atoms with Gasteiger partial charge in [0.25, 0.3) is 0 Å². The molecule has 0 spiro atoms. The second-order valence-electron chi connectivity index (χ2n) is 5.92. The molecule has 2 rings (SSSR count). The lowest BCUT2D eigenvalue weighted by molar-refractivity contribution is -0.116. The molecule has 0 heterocycles. The first-order chi connectivity index (χ1) is 11.5. The van der Waals surface area contributed by atoms with Crippen molar-refractivity contribution in [3.05, 3.63) is 58.1 Å². The Kier molecular flexibility index (Phi) is 6.68. The predicted octanol–water partition coefficient (Wildman–Crippen LogP) is 5.32. The summed E-state index contributed by atoms with van der Waals surface area (Å²) in [5.74, 6) is 0.802. The van der Waals surface area contributed by atoms with Gasteiger partial charge < -0.3 is 10.1 Å². The summed E-state index contributed by atoms with van der Waals surface area (Å²) in [5.41, 5.74) is 4.09. The first kappa shape index (κ1) is 18.3. The molecule has 0 aliphatic rings. The molecule has 0 saturated carbocycles. The van der Waals surface area contributed by atoms with E-state index in [4.69, 9.17) is 16.3 Å². The number of rotatable bonds is 7. The molecule has 0 atom stereocenters. The van der Waals surface area contributed by atoms with Gasteiger partial charge in [0.05, 0.1) is 6.61 Å². The van der Waals surface area contributed by atoms with Crippen LogP contribution in [0.1, 0.15) is 36.5 Å². The summed E-state index contributed by atoms with van der Waals surface area (Å²) in [4.78, 5) is 11.9. The number of amides is 1. The minimum atomic E-state index is 0.00585. The number of ether oxygens (including phenoxy) is 1. The highest BCUT2D eigenvalue weighted by Crippen LogP contribution is 2.25. The van der Waals surface area contributed by atoms with Crippen LogP contribution in [0.25, 0.3) is 0 Å². The van der Waals surface area contributed by atoms with Gasteiger partial charge in [-0.3, -0.25) is 4.79 Å². The van der Waals surface area contributed by atoms with Gasteiger partial charge in [0, 0.05) is 17.1 Å². The van der Waals surface area contributed by atoms with Crippen molar-refractivity contribution in [3.63, 3.8) is 0 Å². The van der Waals surface area contributed by atoms with E-state index in [0.29, 0.717) is 19.4 Å². The Morgan fingerprint density at radius 3 is 2.33 bits per heavy atom. The zero-order chi connectivity index (χ0) is 17.5. The summed E-state index contributed by atoms with van der Waals surface area (Å²) in [5, 5.41) is 3.68. The molecule has 1 N–H and O–H groups in total. The number of hydrogen-bond acceptors (Lipinski definition) is 2. The Balaban J connectivity index is 1.74. The molecule has 0 aliphatic carbocycles. The maximum absolute atomic E-state index is 11.9. The minimum Gasteiger partial charge on any atom is -0.494 e. The van der Waals surface area contributed by atoms with Crippen molar-refractivity contribution >= 4 is 23.2 Å². The van der Waals surface area contributed by atoms with Crippen LogP contribution in [0.3, 0.4) is 0 Å². The maximum Gasteiger partial charge on any atom is 0.224 e. The van der Waals surface area contributed by atoms with Gasteiger partial charge in [0.1, 0.15) is 5.75 Å². The molecule has 0 aromatic heterocycles. The first-order valence-corrected chi connectivity index (χ1v) is 8.65. The topological polar surface area (TPSA) is 38.3 Å². The average molecular weight is 346 g/mol. The molecular weight excluding hydrogens is 322 g/mol. The van der Waals surface area contributed by atoms with Crippen LogP contribution < -0.4 is 10.1 Å². The standard InChI is InChI=1S/C20H24ClNO2/c1-4-16-7-9-17(10-8-16)22-19(23)6-5-11-24-18-12-14(2)20(21)15(3)13-18/h7-10,12-13H,4-6,11H2,1-3H3,(H,22,23). The third-order valence-electron chi connectivity index (χ3n) is 3.87. The molecule has 2 aromatic rings. The fourth-order valence-corrected chi connectivity index (χ4v) is 2.57. The molecule has 3 nitrogen and oxygen atoms in total. The zero-order valence-electron chi connectivity index (χ0n) is 14.5. The molecule has 0 unspecified atom stereocenters. The summed E-state index contributed by atoms with van der Waals surface area (Å²) in [6.45, 7) is 6.53. The summed E-state index contributed by atoms with van der Waals surface area (Å²) in [6.07, 6.45) is 2.09. The SMILES string of the molecule is CCc1ccc(NC(=O)CCCOc2cc(C)c(Cl)c(C)c2)cc1. The van der Waals surface area contributed by atoms with Gasteiger partial charge >= 0.3 is 0 Å². The van der Waals surface area contributed by atoms with Crippen molar-refractivity contribution in [3.8, 4) is 5.75 Å². The lowest BCUT2D eigenvalue weighted by Gasteiger charge is -2.10. The Morgan fingerprint density at radius 2 is 1.75 bits per heavy atom. The molecule has 2 aromatic carbocycles. The second-order valence-corrected chi connectivity index (χ2v) is 6.30. The van der Waals surface area contributed by atoms with Gasteiger partial charge in [0.15, 0.2) is 0 Å². The lowest BCUT2D eigenvalue weighted by atomic mass is 10.1. The van der Waals surface area contributed by atoms with E-state index in [2.05, 4.69) is 12.2 Å². The van der Waals surface area contributed by atoms with E-state index < -0.39 is 0 Å². The Morgan fingerprint density at radius 1 is 1.12 bits per heavy atom. The Labute approximate surface area is 149 Å². The van der Waals surface area contributed by atoms with Gasteiger partial charge in [-0.05, 0) is 67.6 Å². The number of benzene rings is 2. The van der Waals surface area contributed by atoms with Crippen LogP contribution in [-0.4, -0.2) is 12.5 Å². The Hall–Kier alpha value is -2.00. The van der Waals surface area contributed by atoms with E-state index in [1.807, 2.05) is 50.2 Å². The number of anilines is 1.